The van der Waals surface area contributed by atoms with Gasteiger partial charge in [0.2, 0.25) is 0 Å². The minimum Gasteiger partial charge on any atom is -0.374 e. The van der Waals surface area contributed by atoms with Gasteiger partial charge in [-0.25, -0.2) is 0 Å². The van der Waals surface area contributed by atoms with Crippen LogP contribution in [0.2, 0.25) is 0 Å². The molecular weight excluding hydrogens is 332 g/mol. The molecule has 1 atom stereocenters. The van der Waals surface area contributed by atoms with Crippen molar-refractivity contribution in [1.82, 2.24) is 0 Å². The number of anilines is 1. The second-order valence-corrected chi connectivity index (χ2v) is 6.08. The fourth-order valence-corrected chi connectivity index (χ4v) is 2.45. The number of azo groups is 1. The van der Waals surface area contributed by atoms with E-state index in [2.05, 4.69) is 17.2 Å². The summed E-state index contributed by atoms with van der Waals surface area (Å²) >= 11 is 0. The lowest BCUT2D eigenvalue weighted by molar-refractivity contribution is -0.384. The summed E-state index contributed by atoms with van der Waals surface area (Å²) < 4.78 is 0. The summed E-state index contributed by atoms with van der Waals surface area (Å²) in [4.78, 5) is 12.0. The molecule has 0 aromatic heterocycles. The molecule has 0 saturated carbocycles. The third-order valence-corrected chi connectivity index (χ3v) is 4.11. The lowest BCUT2D eigenvalue weighted by atomic mass is 10.1. The molecule has 0 saturated heterocycles. The van der Waals surface area contributed by atoms with Crippen molar-refractivity contribution in [3.05, 3.63) is 58.6 Å². The zero-order chi connectivity index (χ0) is 18.9. The molecule has 2 aromatic carbocycles. The van der Waals surface area contributed by atoms with Gasteiger partial charge >= 0.3 is 0 Å². The van der Waals surface area contributed by atoms with Gasteiger partial charge in [0.1, 0.15) is 6.23 Å². The first kappa shape index (κ1) is 19.5. The Bertz CT molecular complexity index is 729. The Labute approximate surface area is 153 Å². The number of nitrogens with zero attached hydrogens (tertiary/aromatic N) is 4. The highest BCUT2D eigenvalue weighted by Crippen LogP contribution is 2.24. The number of hydrogen-bond acceptors (Lipinski definition) is 6. The van der Waals surface area contributed by atoms with Gasteiger partial charge in [0.25, 0.3) is 5.69 Å². The normalized spacial score (nSPS) is 12.3. The second-order valence-electron chi connectivity index (χ2n) is 6.08. The van der Waals surface area contributed by atoms with E-state index in [1.165, 1.54) is 12.1 Å². The number of nitro benzene ring substituents is 1. The third-order valence-electron chi connectivity index (χ3n) is 4.11. The van der Waals surface area contributed by atoms with Crippen LogP contribution in [0.3, 0.4) is 0 Å². The van der Waals surface area contributed by atoms with Gasteiger partial charge in [-0.1, -0.05) is 19.8 Å². The molecule has 1 N–H and O–H groups in total. The maximum Gasteiger partial charge on any atom is 0.269 e. The Morgan fingerprint density at radius 1 is 1.04 bits per heavy atom. The summed E-state index contributed by atoms with van der Waals surface area (Å²) in [5.41, 5.74) is 2.14. The molecule has 0 bridgehead atoms. The lowest BCUT2D eigenvalue weighted by Crippen LogP contribution is -2.31. The Kier molecular flexibility index (Phi) is 7.23. The highest BCUT2D eigenvalue weighted by Gasteiger charge is 2.11. The van der Waals surface area contributed by atoms with E-state index in [0.717, 1.165) is 31.4 Å². The van der Waals surface area contributed by atoms with E-state index in [4.69, 9.17) is 0 Å². The van der Waals surface area contributed by atoms with Gasteiger partial charge in [-0.3, -0.25) is 10.1 Å². The van der Waals surface area contributed by atoms with Crippen molar-refractivity contribution in [1.29, 1.82) is 0 Å². The first-order valence-corrected chi connectivity index (χ1v) is 8.68. The van der Waals surface area contributed by atoms with Crippen LogP contribution >= 0.6 is 0 Å². The van der Waals surface area contributed by atoms with Crippen molar-refractivity contribution in [3.63, 3.8) is 0 Å². The van der Waals surface area contributed by atoms with Gasteiger partial charge in [-0.05, 0) is 49.2 Å². The molecule has 1 unspecified atom stereocenters. The molecule has 26 heavy (non-hydrogen) atoms. The van der Waals surface area contributed by atoms with E-state index >= 15 is 0 Å². The number of benzene rings is 2. The minimum absolute atomic E-state index is 0.0221. The fourth-order valence-electron chi connectivity index (χ4n) is 2.45. The van der Waals surface area contributed by atoms with E-state index in [9.17, 15) is 15.2 Å². The van der Waals surface area contributed by atoms with Crippen molar-refractivity contribution in [2.24, 2.45) is 10.2 Å². The van der Waals surface area contributed by atoms with Crippen LogP contribution in [0, 0.1) is 10.1 Å². The van der Waals surface area contributed by atoms with Gasteiger partial charge < -0.3 is 10.0 Å². The molecule has 0 heterocycles. The second kappa shape index (κ2) is 9.62. The Morgan fingerprint density at radius 3 is 2.08 bits per heavy atom. The van der Waals surface area contributed by atoms with E-state index in [-0.39, 0.29) is 5.69 Å². The van der Waals surface area contributed by atoms with E-state index < -0.39 is 11.2 Å². The summed E-state index contributed by atoms with van der Waals surface area (Å²) in [6.45, 7) is 2.14. The number of aliphatic hydroxyl groups excluding tert-OH is 1. The Morgan fingerprint density at radius 2 is 1.58 bits per heavy atom. The van der Waals surface area contributed by atoms with E-state index in [1.807, 2.05) is 36.2 Å². The standard InChI is InChI=1S/C19H24N4O3/c1-3-4-5-6-19(24)22(2)17-11-7-15(8-12-17)20-21-16-9-13-18(14-10-16)23(25)26/h7-14,19,24H,3-6H2,1-2H3/b21-20+. The first-order chi connectivity index (χ1) is 12.5. The summed E-state index contributed by atoms with van der Waals surface area (Å²) in [7, 11) is 1.87. The minimum atomic E-state index is -0.505. The predicted molar refractivity (Wildman–Crippen MR) is 102 cm³/mol. The number of hydrogen-bond donors (Lipinski definition) is 1. The van der Waals surface area contributed by atoms with Crippen molar-refractivity contribution >= 4 is 22.7 Å². The first-order valence-electron chi connectivity index (χ1n) is 8.68. The van der Waals surface area contributed by atoms with Gasteiger partial charge in [0.05, 0.1) is 16.3 Å². The molecule has 7 nitrogen and oxygen atoms in total. The summed E-state index contributed by atoms with van der Waals surface area (Å²) in [5, 5.41) is 29.1. The zero-order valence-corrected chi connectivity index (χ0v) is 15.1. The molecule has 2 aromatic rings. The Hall–Kier alpha value is -2.80. The molecular formula is C19H24N4O3. The van der Waals surface area contributed by atoms with Gasteiger partial charge in [0, 0.05) is 24.9 Å². The maximum absolute atomic E-state index is 10.6. The molecule has 0 aliphatic heterocycles. The van der Waals surface area contributed by atoms with Crippen molar-refractivity contribution < 1.29 is 10.0 Å². The van der Waals surface area contributed by atoms with Crippen LogP contribution < -0.4 is 4.90 Å². The molecule has 138 valence electrons. The molecule has 7 heteroatoms. The summed E-state index contributed by atoms with van der Waals surface area (Å²) in [6.07, 6.45) is 3.49. The smallest absolute Gasteiger partial charge is 0.269 e. The largest absolute Gasteiger partial charge is 0.374 e. The molecule has 0 aliphatic carbocycles. The highest BCUT2D eigenvalue weighted by atomic mass is 16.6. The number of rotatable bonds is 9. The molecule has 0 spiro atoms. The SMILES string of the molecule is CCCCCC(O)N(C)c1ccc(/N=N/c2ccc([N+](=O)[O-])cc2)cc1. The summed E-state index contributed by atoms with van der Waals surface area (Å²) in [6, 6.07) is 13.3. The van der Waals surface area contributed by atoms with Crippen LogP contribution in [0.1, 0.15) is 32.6 Å². The zero-order valence-electron chi connectivity index (χ0n) is 15.1. The lowest BCUT2D eigenvalue weighted by Gasteiger charge is -2.25. The van der Waals surface area contributed by atoms with Crippen LogP contribution in [0.5, 0.6) is 0 Å². The van der Waals surface area contributed by atoms with E-state index in [0.29, 0.717) is 11.4 Å². The fraction of sp³-hybridized carbons (Fsp3) is 0.368. The molecule has 0 radical (unpaired) electrons. The topological polar surface area (TPSA) is 91.3 Å². The number of nitro groups is 1. The summed E-state index contributed by atoms with van der Waals surface area (Å²) in [5.74, 6) is 0. The predicted octanol–water partition coefficient (Wildman–Crippen LogP) is 5.35. The van der Waals surface area contributed by atoms with Crippen LogP contribution in [-0.4, -0.2) is 23.3 Å². The highest BCUT2D eigenvalue weighted by molar-refractivity contribution is 5.53. The average Bonchev–Trinajstić information content (AvgIpc) is 2.66. The van der Waals surface area contributed by atoms with E-state index in [1.54, 1.807) is 12.1 Å². The van der Waals surface area contributed by atoms with Crippen LogP contribution in [-0.2, 0) is 0 Å². The van der Waals surface area contributed by atoms with Gasteiger partial charge in [0.15, 0.2) is 0 Å². The molecule has 0 fully saturated rings. The monoisotopic (exact) mass is 356 g/mol. The van der Waals surface area contributed by atoms with Crippen LogP contribution in [0.25, 0.3) is 0 Å². The van der Waals surface area contributed by atoms with Crippen molar-refractivity contribution in [2.75, 3.05) is 11.9 Å². The molecule has 2 rings (SSSR count). The molecule has 0 amide bonds. The van der Waals surface area contributed by atoms with Crippen molar-refractivity contribution in [3.8, 4) is 0 Å². The third kappa shape index (κ3) is 5.63. The van der Waals surface area contributed by atoms with Crippen LogP contribution in [0.4, 0.5) is 22.7 Å². The van der Waals surface area contributed by atoms with Gasteiger partial charge in [-0.15, -0.1) is 0 Å². The molecule has 0 aliphatic rings. The van der Waals surface area contributed by atoms with Gasteiger partial charge in [-0.2, -0.15) is 10.2 Å². The number of aliphatic hydroxyl groups is 1. The maximum atomic E-state index is 10.6. The van der Waals surface area contributed by atoms with Crippen LogP contribution in [0.15, 0.2) is 58.8 Å². The average molecular weight is 356 g/mol. The van der Waals surface area contributed by atoms with Crippen molar-refractivity contribution in [2.45, 2.75) is 38.8 Å². The number of non-ortho nitro benzene ring substituents is 1. The quantitative estimate of drug-likeness (QED) is 0.216. The Balaban J connectivity index is 1.96. The number of unbranched alkanes of at least 4 members (excludes halogenated alkanes) is 2.